The SMILES string of the molecule is c1ccc(-c2cccc(-c3ccc(N(c4ccccc4)c4ccc(-c5ccc(-c6cc(-c7ccccc7)nc(-c7ccccc7)n6)cc5)cc4)cc3)c2)cc1. The van der Waals surface area contributed by atoms with Crippen LogP contribution in [-0.2, 0) is 0 Å². The van der Waals surface area contributed by atoms with E-state index in [0.717, 1.165) is 56.3 Å². The highest BCUT2D eigenvalue weighted by atomic mass is 15.1. The normalized spacial score (nSPS) is 10.9. The molecule has 8 aromatic carbocycles. The summed E-state index contributed by atoms with van der Waals surface area (Å²) >= 11 is 0. The molecule has 55 heavy (non-hydrogen) atoms. The van der Waals surface area contributed by atoms with Crippen LogP contribution in [0.2, 0.25) is 0 Å². The van der Waals surface area contributed by atoms with Crippen LogP contribution in [0.4, 0.5) is 17.1 Å². The first kappa shape index (κ1) is 33.5. The number of hydrogen-bond donors (Lipinski definition) is 0. The van der Waals surface area contributed by atoms with Crippen LogP contribution >= 0.6 is 0 Å². The van der Waals surface area contributed by atoms with Gasteiger partial charge in [-0.2, -0.15) is 0 Å². The molecule has 0 N–H and O–H groups in total. The van der Waals surface area contributed by atoms with E-state index in [2.05, 4.69) is 193 Å². The lowest BCUT2D eigenvalue weighted by Crippen LogP contribution is -2.09. The van der Waals surface area contributed by atoms with E-state index in [0.29, 0.717) is 5.82 Å². The van der Waals surface area contributed by atoms with Crippen LogP contribution in [0.3, 0.4) is 0 Å². The predicted octanol–water partition coefficient (Wildman–Crippen LogP) is 13.9. The average molecular weight is 704 g/mol. The number of rotatable bonds is 9. The second-order valence-corrected chi connectivity index (χ2v) is 13.5. The molecule has 9 rings (SSSR count). The topological polar surface area (TPSA) is 29.0 Å². The Balaban J connectivity index is 0.996. The molecule has 0 saturated carbocycles. The van der Waals surface area contributed by atoms with E-state index in [9.17, 15) is 0 Å². The lowest BCUT2D eigenvalue weighted by atomic mass is 9.99. The van der Waals surface area contributed by atoms with Gasteiger partial charge in [0.25, 0.3) is 0 Å². The Morgan fingerprint density at radius 2 is 0.564 bits per heavy atom. The Bertz CT molecular complexity index is 2580. The summed E-state index contributed by atoms with van der Waals surface area (Å²) in [6, 6.07) is 78.7. The van der Waals surface area contributed by atoms with Crippen molar-refractivity contribution in [3.05, 3.63) is 224 Å². The fourth-order valence-corrected chi connectivity index (χ4v) is 7.04. The first-order chi connectivity index (χ1) is 27.2. The van der Waals surface area contributed by atoms with E-state index < -0.39 is 0 Å². The maximum atomic E-state index is 5.01. The first-order valence-electron chi connectivity index (χ1n) is 18.6. The molecule has 3 nitrogen and oxygen atoms in total. The third-order valence-corrected chi connectivity index (χ3v) is 9.91. The number of nitrogens with zero attached hydrogens (tertiary/aromatic N) is 3. The zero-order valence-corrected chi connectivity index (χ0v) is 30.2. The molecule has 3 heteroatoms. The molecule has 0 amide bonds. The number of benzene rings is 8. The molecular formula is C52H37N3. The number of aromatic nitrogens is 2. The summed E-state index contributed by atoms with van der Waals surface area (Å²) in [5, 5.41) is 0. The second kappa shape index (κ2) is 15.3. The van der Waals surface area contributed by atoms with Crippen molar-refractivity contribution in [1.29, 1.82) is 0 Å². The minimum atomic E-state index is 0.714. The third kappa shape index (κ3) is 7.33. The Morgan fingerprint density at radius 1 is 0.236 bits per heavy atom. The molecule has 0 bridgehead atoms. The Labute approximate surface area is 322 Å². The lowest BCUT2D eigenvalue weighted by molar-refractivity contribution is 1.18. The largest absolute Gasteiger partial charge is 0.311 e. The quantitative estimate of drug-likeness (QED) is 0.150. The Hall–Kier alpha value is -7.36. The van der Waals surface area contributed by atoms with Gasteiger partial charge in [0.15, 0.2) is 5.82 Å². The van der Waals surface area contributed by atoms with Crippen molar-refractivity contribution in [3.63, 3.8) is 0 Å². The fraction of sp³-hybridized carbons (Fsp3) is 0. The molecule has 1 heterocycles. The molecule has 9 aromatic rings. The van der Waals surface area contributed by atoms with Crippen molar-refractivity contribution in [2.45, 2.75) is 0 Å². The predicted molar refractivity (Wildman–Crippen MR) is 229 cm³/mol. The molecule has 1 aromatic heterocycles. The van der Waals surface area contributed by atoms with Gasteiger partial charge in [-0.3, -0.25) is 0 Å². The molecule has 260 valence electrons. The summed E-state index contributed by atoms with van der Waals surface area (Å²) < 4.78 is 0. The zero-order valence-electron chi connectivity index (χ0n) is 30.2. The summed E-state index contributed by atoms with van der Waals surface area (Å²) in [6.07, 6.45) is 0. The number of hydrogen-bond acceptors (Lipinski definition) is 3. The van der Waals surface area contributed by atoms with E-state index in [1.807, 2.05) is 36.4 Å². The van der Waals surface area contributed by atoms with Crippen LogP contribution in [0.5, 0.6) is 0 Å². The molecule has 0 fully saturated rings. The maximum Gasteiger partial charge on any atom is 0.160 e. The molecule has 0 atom stereocenters. The third-order valence-electron chi connectivity index (χ3n) is 9.91. The molecule has 0 saturated heterocycles. The molecule has 0 spiro atoms. The van der Waals surface area contributed by atoms with Gasteiger partial charge < -0.3 is 4.90 Å². The Kier molecular flexibility index (Phi) is 9.32. The van der Waals surface area contributed by atoms with Crippen molar-refractivity contribution < 1.29 is 0 Å². The smallest absolute Gasteiger partial charge is 0.160 e. The van der Waals surface area contributed by atoms with Gasteiger partial charge in [-0.05, 0) is 81.9 Å². The van der Waals surface area contributed by atoms with E-state index in [1.165, 1.54) is 22.3 Å². The highest BCUT2D eigenvalue weighted by Gasteiger charge is 2.14. The summed E-state index contributed by atoms with van der Waals surface area (Å²) in [4.78, 5) is 12.3. The van der Waals surface area contributed by atoms with Crippen LogP contribution in [0.15, 0.2) is 224 Å². The first-order valence-corrected chi connectivity index (χ1v) is 18.6. The number of para-hydroxylation sites is 1. The number of anilines is 3. The summed E-state index contributed by atoms with van der Waals surface area (Å²) in [5.41, 5.74) is 15.3. The van der Waals surface area contributed by atoms with Gasteiger partial charge in [0, 0.05) is 33.8 Å². The average Bonchev–Trinajstić information content (AvgIpc) is 3.28. The van der Waals surface area contributed by atoms with E-state index in [4.69, 9.17) is 9.97 Å². The van der Waals surface area contributed by atoms with Gasteiger partial charge in [0.05, 0.1) is 11.4 Å². The summed E-state index contributed by atoms with van der Waals surface area (Å²) in [7, 11) is 0. The van der Waals surface area contributed by atoms with Crippen molar-refractivity contribution in [3.8, 4) is 67.3 Å². The van der Waals surface area contributed by atoms with Gasteiger partial charge in [0.2, 0.25) is 0 Å². The van der Waals surface area contributed by atoms with Gasteiger partial charge >= 0.3 is 0 Å². The van der Waals surface area contributed by atoms with E-state index >= 15 is 0 Å². The van der Waals surface area contributed by atoms with E-state index in [1.54, 1.807) is 0 Å². The van der Waals surface area contributed by atoms with Crippen LogP contribution in [0, 0.1) is 0 Å². The van der Waals surface area contributed by atoms with Crippen LogP contribution in [0.25, 0.3) is 67.3 Å². The van der Waals surface area contributed by atoms with E-state index in [-0.39, 0.29) is 0 Å². The highest BCUT2D eigenvalue weighted by molar-refractivity contribution is 5.81. The monoisotopic (exact) mass is 703 g/mol. The maximum absolute atomic E-state index is 5.01. The lowest BCUT2D eigenvalue weighted by Gasteiger charge is -2.26. The zero-order chi connectivity index (χ0) is 36.8. The molecule has 0 aliphatic heterocycles. The fourth-order valence-electron chi connectivity index (χ4n) is 7.04. The Morgan fingerprint density at radius 3 is 1.07 bits per heavy atom. The van der Waals surface area contributed by atoms with Gasteiger partial charge in [0.1, 0.15) is 0 Å². The second-order valence-electron chi connectivity index (χ2n) is 13.5. The van der Waals surface area contributed by atoms with Crippen LogP contribution < -0.4 is 4.90 Å². The van der Waals surface area contributed by atoms with Gasteiger partial charge in [-0.15, -0.1) is 0 Å². The van der Waals surface area contributed by atoms with Crippen molar-refractivity contribution in [2.24, 2.45) is 0 Å². The highest BCUT2D eigenvalue weighted by Crippen LogP contribution is 2.37. The van der Waals surface area contributed by atoms with Crippen molar-refractivity contribution in [2.75, 3.05) is 4.90 Å². The molecule has 0 unspecified atom stereocenters. The standard InChI is InChI=1S/C52H37N3/c1-5-14-38(15-6-1)45-20-13-21-46(36-45)41-30-34-49(35-31-41)55(47-22-11-4-12-23-47)48-32-28-40(29-33-48)39-24-26-43(27-25-39)51-37-50(42-16-7-2-8-17-42)53-52(54-51)44-18-9-3-10-19-44/h1-37H. The van der Waals surface area contributed by atoms with Crippen LogP contribution in [0.1, 0.15) is 0 Å². The molecule has 0 aliphatic rings. The van der Waals surface area contributed by atoms with Crippen molar-refractivity contribution >= 4 is 17.1 Å². The van der Waals surface area contributed by atoms with Crippen LogP contribution in [-0.4, -0.2) is 9.97 Å². The molecule has 0 radical (unpaired) electrons. The molecular weight excluding hydrogens is 667 g/mol. The van der Waals surface area contributed by atoms with Crippen molar-refractivity contribution in [1.82, 2.24) is 9.97 Å². The summed E-state index contributed by atoms with van der Waals surface area (Å²) in [5.74, 6) is 0.714. The van der Waals surface area contributed by atoms with Gasteiger partial charge in [-0.25, -0.2) is 9.97 Å². The minimum Gasteiger partial charge on any atom is -0.311 e. The minimum absolute atomic E-state index is 0.714. The van der Waals surface area contributed by atoms with Gasteiger partial charge in [-0.1, -0.05) is 176 Å². The molecule has 0 aliphatic carbocycles. The summed E-state index contributed by atoms with van der Waals surface area (Å²) in [6.45, 7) is 0.